The number of rotatable bonds is 4. The highest BCUT2D eigenvalue weighted by atomic mass is 79.9. The first-order valence-corrected chi connectivity index (χ1v) is 6.89. The van der Waals surface area contributed by atoms with Crippen molar-refractivity contribution in [2.75, 3.05) is 0 Å². The van der Waals surface area contributed by atoms with E-state index in [9.17, 15) is 15.2 Å². The van der Waals surface area contributed by atoms with Crippen molar-refractivity contribution < 1.29 is 10.0 Å². The monoisotopic (exact) mass is 327 g/mol. The molecule has 0 saturated heterocycles. The van der Waals surface area contributed by atoms with Gasteiger partial charge in [-0.05, 0) is 38.5 Å². The van der Waals surface area contributed by atoms with Crippen LogP contribution in [-0.4, -0.2) is 10.0 Å². The van der Waals surface area contributed by atoms with Crippen LogP contribution >= 0.6 is 27.3 Å². The second-order valence-electron chi connectivity index (χ2n) is 3.83. The summed E-state index contributed by atoms with van der Waals surface area (Å²) >= 11 is 4.86. The molecular formula is C12H10BrNO3S. The van der Waals surface area contributed by atoms with E-state index < -0.39 is 11.0 Å². The van der Waals surface area contributed by atoms with Gasteiger partial charge in [0.2, 0.25) is 0 Å². The molecule has 18 heavy (non-hydrogen) atoms. The van der Waals surface area contributed by atoms with Crippen LogP contribution in [0.3, 0.4) is 0 Å². The van der Waals surface area contributed by atoms with Gasteiger partial charge in [-0.25, -0.2) is 0 Å². The lowest BCUT2D eigenvalue weighted by Gasteiger charge is -2.08. The molecule has 0 saturated carbocycles. The van der Waals surface area contributed by atoms with Gasteiger partial charge in [-0.3, -0.25) is 10.1 Å². The van der Waals surface area contributed by atoms with Crippen LogP contribution in [0.25, 0.3) is 0 Å². The zero-order valence-corrected chi connectivity index (χ0v) is 11.6. The van der Waals surface area contributed by atoms with Crippen molar-refractivity contribution >= 4 is 33.0 Å². The van der Waals surface area contributed by atoms with Gasteiger partial charge in [0, 0.05) is 18.6 Å². The van der Waals surface area contributed by atoms with Crippen LogP contribution in [0.1, 0.15) is 17.2 Å². The van der Waals surface area contributed by atoms with Gasteiger partial charge >= 0.3 is 0 Å². The van der Waals surface area contributed by atoms with E-state index in [4.69, 9.17) is 0 Å². The Balaban J connectivity index is 2.07. The summed E-state index contributed by atoms with van der Waals surface area (Å²) in [4.78, 5) is 10.1. The number of halogens is 1. The van der Waals surface area contributed by atoms with E-state index in [1.54, 1.807) is 12.1 Å². The van der Waals surface area contributed by atoms with Gasteiger partial charge in [-0.2, -0.15) is 0 Å². The fraction of sp³-hybridized carbons (Fsp3) is 0.167. The zero-order chi connectivity index (χ0) is 13.1. The number of nitrogens with zero attached hydrogens (tertiary/aromatic N) is 1. The van der Waals surface area contributed by atoms with Gasteiger partial charge < -0.3 is 5.11 Å². The van der Waals surface area contributed by atoms with E-state index in [1.807, 2.05) is 11.4 Å². The maximum atomic E-state index is 10.5. The third-order valence-electron chi connectivity index (χ3n) is 2.55. The Morgan fingerprint density at radius 2 is 2.06 bits per heavy atom. The number of aliphatic hydroxyl groups is 1. The maximum absolute atomic E-state index is 10.5. The van der Waals surface area contributed by atoms with E-state index in [0.29, 0.717) is 6.42 Å². The van der Waals surface area contributed by atoms with Crippen molar-refractivity contribution in [3.63, 3.8) is 0 Å². The van der Waals surface area contributed by atoms with Crippen LogP contribution in [0.5, 0.6) is 0 Å². The summed E-state index contributed by atoms with van der Waals surface area (Å²) in [5.74, 6) is 0. The highest BCUT2D eigenvalue weighted by Gasteiger charge is 2.11. The summed E-state index contributed by atoms with van der Waals surface area (Å²) in [6, 6.07) is 8.11. The van der Waals surface area contributed by atoms with Gasteiger partial charge in [0.1, 0.15) is 0 Å². The summed E-state index contributed by atoms with van der Waals surface area (Å²) in [6.45, 7) is 0. The molecule has 0 radical (unpaired) electrons. The molecule has 1 unspecified atom stereocenters. The minimum absolute atomic E-state index is 0.0616. The lowest BCUT2D eigenvalue weighted by atomic mass is 10.0. The van der Waals surface area contributed by atoms with Gasteiger partial charge in [0.15, 0.2) is 0 Å². The SMILES string of the molecule is O=[N+]([O-])c1ccc(CC(O)c2csc(Br)c2)cc1. The second-order valence-corrected chi connectivity index (χ2v) is 6.12. The fourth-order valence-electron chi connectivity index (χ4n) is 1.59. The molecule has 0 bridgehead atoms. The highest BCUT2D eigenvalue weighted by molar-refractivity contribution is 9.11. The Bertz CT molecular complexity index is 553. The van der Waals surface area contributed by atoms with Crippen LogP contribution in [0, 0.1) is 10.1 Å². The molecule has 94 valence electrons. The minimum Gasteiger partial charge on any atom is -0.388 e. The lowest BCUT2D eigenvalue weighted by Crippen LogP contribution is -2.00. The van der Waals surface area contributed by atoms with Crippen molar-refractivity contribution in [1.82, 2.24) is 0 Å². The average molecular weight is 328 g/mol. The van der Waals surface area contributed by atoms with E-state index in [-0.39, 0.29) is 5.69 Å². The van der Waals surface area contributed by atoms with Crippen molar-refractivity contribution in [3.05, 3.63) is 60.7 Å². The Hall–Kier alpha value is -1.24. The molecule has 0 aliphatic rings. The number of hydrogen-bond donors (Lipinski definition) is 1. The molecule has 0 fully saturated rings. The highest BCUT2D eigenvalue weighted by Crippen LogP contribution is 2.27. The quantitative estimate of drug-likeness (QED) is 0.688. The van der Waals surface area contributed by atoms with Crippen LogP contribution in [-0.2, 0) is 6.42 Å². The molecular weight excluding hydrogens is 318 g/mol. The molecule has 2 aromatic rings. The average Bonchev–Trinajstić information content (AvgIpc) is 2.76. The molecule has 1 aromatic carbocycles. The first-order chi connectivity index (χ1) is 8.56. The molecule has 1 atom stereocenters. The molecule has 6 heteroatoms. The normalized spacial score (nSPS) is 12.3. The van der Waals surface area contributed by atoms with Gasteiger partial charge in [-0.15, -0.1) is 11.3 Å². The van der Waals surface area contributed by atoms with Crippen LogP contribution < -0.4 is 0 Å². The van der Waals surface area contributed by atoms with Gasteiger partial charge in [0.05, 0.1) is 14.8 Å². The summed E-state index contributed by atoms with van der Waals surface area (Å²) in [6.07, 6.45) is -0.143. The van der Waals surface area contributed by atoms with E-state index in [0.717, 1.165) is 14.9 Å². The van der Waals surface area contributed by atoms with Crippen molar-refractivity contribution in [3.8, 4) is 0 Å². The van der Waals surface area contributed by atoms with Crippen LogP contribution in [0.15, 0.2) is 39.5 Å². The maximum Gasteiger partial charge on any atom is 0.269 e. The van der Waals surface area contributed by atoms with Crippen molar-refractivity contribution in [2.45, 2.75) is 12.5 Å². The van der Waals surface area contributed by atoms with E-state index >= 15 is 0 Å². The smallest absolute Gasteiger partial charge is 0.269 e. The number of aliphatic hydroxyl groups excluding tert-OH is 1. The molecule has 1 aromatic heterocycles. The second kappa shape index (κ2) is 5.60. The molecule has 4 nitrogen and oxygen atoms in total. The number of benzene rings is 1. The Labute approximate surface area is 116 Å². The van der Waals surface area contributed by atoms with Crippen molar-refractivity contribution in [2.24, 2.45) is 0 Å². The Morgan fingerprint density at radius 3 is 2.56 bits per heavy atom. The molecule has 1 heterocycles. The molecule has 2 rings (SSSR count). The number of hydrogen-bond acceptors (Lipinski definition) is 4. The van der Waals surface area contributed by atoms with Crippen LogP contribution in [0.4, 0.5) is 5.69 Å². The molecule has 0 spiro atoms. The molecule has 0 aliphatic heterocycles. The summed E-state index contributed by atoms with van der Waals surface area (Å²) < 4.78 is 0.972. The molecule has 1 N–H and O–H groups in total. The first kappa shape index (κ1) is 13.2. The Morgan fingerprint density at radius 1 is 1.39 bits per heavy atom. The van der Waals surface area contributed by atoms with E-state index in [2.05, 4.69) is 15.9 Å². The molecule has 0 aliphatic carbocycles. The third kappa shape index (κ3) is 3.16. The van der Waals surface area contributed by atoms with Crippen molar-refractivity contribution in [1.29, 1.82) is 0 Å². The zero-order valence-electron chi connectivity index (χ0n) is 9.25. The standard InChI is InChI=1S/C12H10BrNO3S/c13-12-6-9(7-18-12)11(15)5-8-1-3-10(4-2-8)14(16)17/h1-4,6-7,11,15H,5H2. The summed E-state index contributed by atoms with van der Waals surface area (Å²) in [5, 5.41) is 22.4. The van der Waals surface area contributed by atoms with Gasteiger partial charge in [0.25, 0.3) is 5.69 Å². The number of nitro benzene ring substituents is 1. The van der Waals surface area contributed by atoms with E-state index in [1.165, 1.54) is 23.5 Å². The lowest BCUT2D eigenvalue weighted by molar-refractivity contribution is -0.384. The first-order valence-electron chi connectivity index (χ1n) is 5.21. The number of nitro groups is 1. The fourth-order valence-corrected chi connectivity index (χ4v) is 2.82. The summed E-state index contributed by atoms with van der Waals surface area (Å²) in [5.41, 5.74) is 1.78. The number of non-ortho nitro benzene ring substituents is 1. The topological polar surface area (TPSA) is 63.4 Å². The number of thiophene rings is 1. The molecule has 0 amide bonds. The third-order valence-corrected chi connectivity index (χ3v) is 4.07. The summed E-state index contributed by atoms with van der Waals surface area (Å²) in [7, 11) is 0. The largest absolute Gasteiger partial charge is 0.388 e. The van der Waals surface area contributed by atoms with Gasteiger partial charge in [-0.1, -0.05) is 12.1 Å². The minimum atomic E-state index is -0.589. The Kier molecular flexibility index (Phi) is 4.11. The predicted molar refractivity (Wildman–Crippen MR) is 73.8 cm³/mol. The predicted octanol–water partition coefficient (Wildman–Crippen LogP) is 3.69. The van der Waals surface area contributed by atoms with Crippen LogP contribution in [0.2, 0.25) is 0 Å².